The molecule has 0 spiro atoms. The van der Waals surface area contributed by atoms with Crippen LogP contribution in [0.25, 0.3) is 6.08 Å². The van der Waals surface area contributed by atoms with Crippen LogP contribution in [0.15, 0.2) is 83.5 Å². The van der Waals surface area contributed by atoms with Crippen LogP contribution in [0, 0.1) is 6.92 Å². The number of cyclic esters (lactones) is 1. The molecule has 0 fully saturated rings. The highest BCUT2D eigenvalue weighted by atomic mass is 35.5. The van der Waals surface area contributed by atoms with Gasteiger partial charge in [0.05, 0.1) is 0 Å². The molecule has 3 aromatic rings. The molecule has 0 N–H and O–H groups in total. The Hall–Kier alpha value is -3.37. The van der Waals surface area contributed by atoms with Crippen molar-refractivity contribution in [3.05, 3.63) is 106 Å². The first-order valence-electron chi connectivity index (χ1n) is 9.14. The van der Waals surface area contributed by atoms with E-state index in [4.69, 9.17) is 21.1 Å². The van der Waals surface area contributed by atoms with E-state index in [2.05, 4.69) is 4.99 Å². The Morgan fingerprint density at radius 3 is 2.69 bits per heavy atom. The third-order valence-corrected chi connectivity index (χ3v) is 4.69. The SMILES string of the molecule is Cc1ccccc1C1=N/C(=C\c2cccc(OCc3cccc(Cl)c3)c2)C(=O)O1. The van der Waals surface area contributed by atoms with Gasteiger partial charge in [-0.2, -0.15) is 0 Å². The number of carbonyl (C=O) groups excluding carboxylic acids is 1. The normalized spacial score (nSPS) is 14.6. The summed E-state index contributed by atoms with van der Waals surface area (Å²) in [5, 5.41) is 0.673. The second-order valence-electron chi connectivity index (χ2n) is 6.64. The van der Waals surface area contributed by atoms with E-state index in [1.807, 2.05) is 79.7 Å². The summed E-state index contributed by atoms with van der Waals surface area (Å²) >= 11 is 6.01. The van der Waals surface area contributed by atoms with Crippen molar-refractivity contribution in [1.29, 1.82) is 0 Å². The Labute approximate surface area is 174 Å². The van der Waals surface area contributed by atoms with Crippen LogP contribution in [-0.4, -0.2) is 11.9 Å². The van der Waals surface area contributed by atoms with Crippen LogP contribution < -0.4 is 4.74 Å². The van der Waals surface area contributed by atoms with Gasteiger partial charge >= 0.3 is 5.97 Å². The molecule has 0 aromatic heterocycles. The molecule has 0 aliphatic carbocycles. The van der Waals surface area contributed by atoms with Gasteiger partial charge in [-0.25, -0.2) is 9.79 Å². The van der Waals surface area contributed by atoms with Crippen LogP contribution in [0.5, 0.6) is 5.75 Å². The van der Waals surface area contributed by atoms with Crippen molar-refractivity contribution < 1.29 is 14.3 Å². The number of benzene rings is 3. The minimum absolute atomic E-state index is 0.259. The molecule has 0 radical (unpaired) electrons. The summed E-state index contributed by atoms with van der Waals surface area (Å²) in [6.07, 6.45) is 1.69. The van der Waals surface area contributed by atoms with Crippen molar-refractivity contribution in [3.8, 4) is 5.75 Å². The molecule has 0 saturated carbocycles. The lowest BCUT2D eigenvalue weighted by molar-refractivity contribution is -0.129. The molecule has 0 unspecified atom stereocenters. The fraction of sp³-hybridized carbons (Fsp3) is 0.0833. The summed E-state index contributed by atoms with van der Waals surface area (Å²) in [6, 6.07) is 22.7. The third-order valence-electron chi connectivity index (χ3n) is 4.45. The average molecular weight is 404 g/mol. The maximum absolute atomic E-state index is 12.3. The molecule has 0 amide bonds. The van der Waals surface area contributed by atoms with Crippen molar-refractivity contribution in [2.75, 3.05) is 0 Å². The van der Waals surface area contributed by atoms with Gasteiger partial charge in [0.1, 0.15) is 12.4 Å². The highest BCUT2D eigenvalue weighted by Crippen LogP contribution is 2.23. The molecule has 3 aromatic carbocycles. The second kappa shape index (κ2) is 8.33. The van der Waals surface area contributed by atoms with Crippen LogP contribution in [0.1, 0.15) is 22.3 Å². The number of hydrogen-bond acceptors (Lipinski definition) is 4. The Balaban J connectivity index is 1.53. The zero-order valence-corrected chi connectivity index (χ0v) is 16.5. The number of hydrogen-bond donors (Lipinski definition) is 0. The minimum Gasteiger partial charge on any atom is -0.489 e. The maximum atomic E-state index is 12.3. The van der Waals surface area contributed by atoms with E-state index in [1.54, 1.807) is 6.08 Å². The molecule has 0 saturated heterocycles. The van der Waals surface area contributed by atoms with E-state index in [1.165, 1.54) is 0 Å². The van der Waals surface area contributed by atoms with Crippen molar-refractivity contribution in [3.63, 3.8) is 0 Å². The first-order valence-corrected chi connectivity index (χ1v) is 9.52. The molecule has 144 valence electrons. The van der Waals surface area contributed by atoms with E-state index >= 15 is 0 Å². The second-order valence-corrected chi connectivity index (χ2v) is 7.08. The van der Waals surface area contributed by atoms with Gasteiger partial charge in [0.15, 0.2) is 5.70 Å². The van der Waals surface area contributed by atoms with Gasteiger partial charge in [-0.15, -0.1) is 0 Å². The molecule has 5 heteroatoms. The highest BCUT2D eigenvalue weighted by molar-refractivity contribution is 6.30. The monoisotopic (exact) mass is 403 g/mol. The van der Waals surface area contributed by atoms with Crippen LogP contribution in [0.2, 0.25) is 5.02 Å². The number of aryl methyl sites for hydroxylation is 1. The Morgan fingerprint density at radius 2 is 1.86 bits per heavy atom. The molecule has 0 bridgehead atoms. The molecular formula is C24H18ClNO3. The molecule has 1 heterocycles. The molecule has 29 heavy (non-hydrogen) atoms. The summed E-state index contributed by atoms with van der Waals surface area (Å²) in [5.74, 6) is 0.551. The average Bonchev–Trinajstić information content (AvgIpc) is 3.07. The Kier molecular flexibility index (Phi) is 5.45. The highest BCUT2D eigenvalue weighted by Gasteiger charge is 2.24. The zero-order valence-electron chi connectivity index (χ0n) is 15.8. The van der Waals surface area contributed by atoms with E-state index < -0.39 is 5.97 Å². The first-order chi connectivity index (χ1) is 14.1. The smallest absolute Gasteiger partial charge is 0.363 e. The van der Waals surface area contributed by atoms with Crippen LogP contribution in [-0.2, 0) is 16.1 Å². The number of aliphatic imine (C=N–C) groups is 1. The van der Waals surface area contributed by atoms with Crippen LogP contribution in [0.4, 0.5) is 0 Å². The lowest BCUT2D eigenvalue weighted by atomic mass is 10.1. The van der Waals surface area contributed by atoms with E-state index in [-0.39, 0.29) is 5.70 Å². The quantitative estimate of drug-likeness (QED) is 0.413. The van der Waals surface area contributed by atoms with E-state index in [0.29, 0.717) is 23.3 Å². The van der Waals surface area contributed by atoms with E-state index in [9.17, 15) is 4.79 Å². The first kappa shape index (κ1) is 19.0. The molecule has 1 aliphatic heterocycles. The van der Waals surface area contributed by atoms with E-state index in [0.717, 1.165) is 22.3 Å². The minimum atomic E-state index is -0.464. The van der Waals surface area contributed by atoms with Crippen molar-refractivity contribution in [1.82, 2.24) is 0 Å². The zero-order chi connectivity index (χ0) is 20.2. The number of ether oxygens (including phenoxy) is 2. The van der Waals surface area contributed by atoms with Gasteiger partial charge in [-0.05, 0) is 60.0 Å². The fourth-order valence-corrected chi connectivity index (χ4v) is 3.20. The largest absolute Gasteiger partial charge is 0.489 e. The number of carbonyl (C=O) groups is 1. The van der Waals surface area contributed by atoms with Gasteiger partial charge in [-0.1, -0.05) is 54.1 Å². The molecular weight excluding hydrogens is 386 g/mol. The van der Waals surface area contributed by atoms with Crippen molar-refractivity contribution >= 4 is 29.5 Å². The topological polar surface area (TPSA) is 47.9 Å². The lowest BCUT2D eigenvalue weighted by Gasteiger charge is -2.07. The molecule has 4 rings (SSSR count). The summed E-state index contributed by atoms with van der Waals surface area (Å²) < 4.78 is 11.2. The third kappa shape index (κ3) is 4.55. The van der Waals surface area contributed by atoms with Gasteiger partial charge in [0, 0.05) is 10.6 Å². The number of nitrogens with zero attached hydrogens (tertiary/aromatic N) is 1. The standard InChI is InChI=1S/C24H18ClNO3/c1-16-6-2-3-11-21(16)23-26-22(24(27)29-23)14-17-7-5-10-20(13-17)28-15-18-8-4-9-19(25)12-18/h2-14H,15H2,1H3/b22-14-. The molecule has 4 nitrogen and oxygen atoms in total. The Morgan fingerprint density at radius 1 is 1.03 bits per heavy atom. The number of rotatable bonds is 5. The summed E-state index contributed by atoms with van der Waals surface area (Å²) in [4.78, 5) is 16.6. The van der Waals surface area contributed by atoms with Gasteiger partial charge in [0.25, 0.3) is 0 Å². The van der Waals surface area contributed by atoms with Crippen molar-refractivity contribution in [2.24, 2.45) is 4.99 Å². The summed E-state index contributed by atoms with van der Waals surface area (Å²) in [7, 11) is 0. The fourth-order valence-electron chi connectivity index (χ4n) is 2.98. The predicted octanol–water partition coefficient (Wildman–Crippen LogP) is 5.57. The lowest BCUT2D eigenvalue weighted by Crippen LogP contribution is -2.06. The summed E-state index contributed by atoms with van der Waals surface area (Å²) in [5.41, 5.74) is 3.85. The van der Waals surface area contributed by atoms with Crippen molar-refractivity contribution in [2.45, 2.75) is 13.5 Å². The Bertz CT molecular complexity index is 1130. The number of halogens is 1. The predicted molar refractivity (Wildman–Crippen MR) is 114 cm³/mol. The van der Waals surface area contributed by atoms with Gasteiger partial charge in [0.2, 0.25) is 5.90 Å². The van der Waals surface area contributed by atoms with Gasteiger partial charge < -0.3 is 9.47 Å². The van der Waals surface area contributed by atoms with Crippen LogP contribution in [0.3, 0.4) is 0 Å². The van der Waals surface area contributed by atoms with Crippen LogP contribution >= 0.6 is 11.6 Å². The van der Waals surface area contributed by atoms with Gasteiger partial charge in [-0.3, -0.25) is 0 Å². The summed E-state index contributed by atoms with van der Waals surface area (Å²) in [6.45, 7) is 2.35. The molecule has 0 atom stereocenters. The molecule has 1 aliphatic rings. The maximum Gasteiger partial charge on any atom is 0.363 e. The number of esters is 1.